The first-order valence-electron chi connectivity index (χ1n) is 9.32. The summed E-state index contributed by atoms with van der Waals surface area (Å²) in [6.45, 7) is 4.15. The Bertz CT molecular complexity index is 803. The number of hydrogen-bond acceptors (Lipinski definition) is 4. The van der Waals surface area contributed by atoms with E-state index in [1.165, 1.54) is 0 Å². The number of carbonyl (C=O) groups excluding carboxylic acids is 3. The zero-order valence-electron chi connectivity index (χ0n) is 16.2. The first-order chi connectivity index (χ1) is 13.5. The molecule has 148 valence electrons. The molecule has 6 nitrogen and oxygen atoms in total. The van der Waals surface area contributed by atoms with E-state index in [1.54, 1.807) is 24.3 Å². The van der Waals surface area contributed by atoms with Crippen molar-refractivity contribution in [1.29, 1.82) is 0 Å². The van der Waals surface area contributed by atoms with Crippen molar-refractivity contribution in [2.75, 3.05) is 18.5 Å². The molecule has 0 aliphatic carbocycles. The molecule has 0 saturated heterocycles. The second kappa shape index (κ2) is 10.9. The number of carbonyl (C=O) groups is 3. The lowest BCUT2D eigenvalue weighted by molar-refractivity contribution is -0.147. The molecule has 0 unspecified atom stereocenters. The highest BCUT2D eigenvalue weighted by Gasteiger charge is 2.14. The number of anilines is 1. The van der Waals surface area contributed by atoms with Gasteiger partial charge in [0.05, 0.1) is 11.3 Å². The zero-order valence-corrected chi connectivity index (χ0v) is 16.2. The maximum Gasteiger partial charge on any atom is 0.306 e. The summed E-state index contributed by atoms with van der Waals surface area (Å²) in [5.41, 5.74) is 1.78. The molecule has 6 heteroatoms. The van der Waals surface area contributed by atoms with Crippen LogP contribution in [0.15, 0.2) is 54.6 Å². The van der Waals surface area contributed by atoms with Gasteiger partial charge in [-0.15, -0.1) is 0 Å². The zero-order chi connectivity index (χ0) is 20.4. The van der Waals surface area contributed by atoms with Crippen molar-refractivity contribution in [1.82, 2.24) is 5.32 Å². The van der Waals surface area contributed by atoms with Crippen LogP contribution in [0, 0.1) is 5.92 Å². The van der Waals surface area contributed by atoms with Crippen molar-refractivity contribution in [3.63, 3.8) is 0 Å². The van der Waals surface area contributed by atoms with Crippen LogP contribution in [0.4, 0.5) is 5.69 Å². The number of esters is 1. The van der Waals surface area contributed by atoms with Crippen molar-refractivity contribution < 1.29 is 19.1 Å². The first kappa shape index (κ1) is 21.2. The Kier molecular flexibility index (Phi) is 8.21. The van der Waals surface area contributed by atoms with Crippen molar-refractivity contribution in [2.45, 2.75) is 26.7 Å². The van der Waals surface area contributed by atoms with Gasteiger partial charge in [-0.05, 0) is 30.0 Å². The van der Waals surface area contributed by atoms with Crippen LogP contribution in [-0.2, 0) is 20.7 Å². The molecule has 2 N–H and O–H groups in total. The molecule has 2 rings (SSSR count). The van der Waals surface area contributed by atoms with Crippen molar-refractivity contribution in [3.05, 3.63) is 65.7 Å². The first-order valence-corrected chi connectivity index (χ1v) is 9.32. The Morgan fingerprint density at radius 2 is 1.64 bits per heavy atom. The fourth-order valence-electron chi connectivity index (χ4n) is 2.48. The fraction of sp³-hybridized carbons (Fsp3) is 0.318. The standard InChI is InChI=1S/C22H26N2O4/c1-16(2)14-23-22(27)18-10-6-7-11-19(18)24-20(25)15-28-21(26)13-12-17-8-4-3-5-9-17/h3-11,16H,12-15H2,1-2H3,(H,23,27)(H,24,25). The molecular formula is C22H26N2O4. The third kappa shape index (κ3) is 7.23. The highest BCUT2D eigenvalue weighted by molar-refractivity contribution is 6.04. The molecule has 0 saturated carbocycles. The van der Waals surface area contributed by atoms with Gasteiger partial charge in [0.1, 0.15) is 0 Å². The summed E-state index contributed by atoms with van der Waals surface area (Å²) in [5.74, 6) is -0.871. The molecule has 0 aliphatic rings. The van der Waals surface area contributed by atoms with Gasteiger partial charge in [-0.1, -0.05) is 56.3 Å². The highest BCUT2D eigenvalue weighted by atomic mass is 16.5. The van der Waals surface area contributed by atoms with Gasteiger partial charge in [0.15, 0.2) is 6.61 Å². The molecule has 0 bridgehead atoms. The van der Waals surface area contributed by atoms with Crippen LogP contribution in [0.2, 0.25) is 0 Å². The van der Waals surface area contributed by atoms with E-state index in [1.807, 2.05) is 44.2 Å². The van der Waals surface area contributed by atoms with E-state index < -0.39 is 18.5 Å². The number of para-hydroxylation sites is 1. The van der Waals surface area contributed by atoms with Gasteiger partial charge in [0.2, 0.25) is 0 Å². The molecule has 2 aromatic rings. The average Bonchev–Trinajstić information content (AvgIpc) is 2.70. The summed E-state index contributed by atoms with van der Waals surface area (Å²) in [7, 11) is 0. The maximum atomic E-state index is 12.3. The molecular weight excluding hydrogens is 356 g/mol. The molecule has 2 aromatic carbocycles. The number of amides is 2. The number of hydrogen-bond donors (Lipinski definition) is 2. The molecule has 0 heterocycles. The number of benzene rings is 2. The number of rotatable bonds is 9. The van der Waals surface area contributed by atoms with Crippen LogP contribution in [-0.4, -0.2) is 30.9 Å². The van der Waals surface area contributed by atoms with Gasteiger partial charge < -0.3 is 15.4 Å². The molecule has 0 fully saturated rings. The lowest BCUT2D eigenvalue weighted by Crippen LogP contribution is -2.29. The Labute approximate surface area is 165 Å². The van der Waals surface area contributed by atoms with E-state index in [2.05, 4.69) is 10.6 Å². The van der Waals surface area contributed by atoms with Gasteiger partial charge in [-0.25, -0.2) is 0 Å². The van der Waals surface area contributed by atoms with Gasteiger partial charge in [-0.3, -0.25) is 14.4 Å². The molecule has 0 aliphatic heterocycles. The largest absolute Gasteiger partial charge is 0.456 e. The number of nitrogens with one attached hydrogen (secondary N) is 2. The van der Waals surface area contributed by atoms with Gasteiger partial charge in [0.25, 0.3) is 11.8 Å². The van der Waals surface area contributed by atoms with Crippen molar-refractivity contribution >= 4 is 23.5 Å². The Morgan fingerprint density at radius 3 is 2.36 bits per heavy atom. The normalized spacial score (nSPS) is 10.4. The highest BCUT2D eigenvalue weighted by Crippen LogP contribution is 2.15. The van der Waals surface area contributed by atoms with E-state index in [0.29, 0.717) is 30.1 Å². The number of aryl methyl sites for hydroxylation is 1. The monoisotopic (exact) mass is 382 g/mol. The smallest absolute Gasteiger partial charge is 0.306 e. The Hall–Kier alpha value is -3.15. The maximum absolute atomic E-state index is 12.3. The van der Waals surface area contributed by atoms with Crippen molar-refractivity contribution in [3.8, 4) is 0 Å². The Morgan fingerprint density at radius 1 is 0.964 bits per heavy atom. The van der Waals surface area contributed by atoms with E-state index in [9.17, 15) is 14.4 Å². The van der Waals surface area contributed by atoms with E-state index in [4.69, 9.17) is 4.74 Å². The summed E-state index contributed by atoms with van der Waals surface area (Å²) in [6, 6.07) is 16.3. The van der Waals surface area contributed by atoms with Crippen LogP contribution in [0.5, 0.6) is 0 Å². The molecule has 2 amide bonds. The average molecular weight is 382 g/mol. The van der Waals surface area contributed by atoms with E-state index >= 15 is 0 Å². The summed E-state index contributed by atoms with van der Waals surface area (Å²) < 4.78 is 5.03. The molecule has 0 spiro atoms. The minimum absolute atomic E-state index is 0.200. The summed E-state index contributed by atoms with van der Waals surface area (Å²) in [5, 5.41) is 5.45. The summed E-state index contributed by atoms with van der Waals surface area (Å²) in [4.78, 5) is 36.2. The van der Waals surface area contributed by atoms with E-state index in [-0.39, 0.29) is 12.3 Å². The van der Waals surface area contributed by atoms with Crippen LogP contribution < -0.4 is 10.6 Å². The quantitative estimate of drug-likeness (QED) is 0.653. The minimum Gasteiger partial charge on any atom is -0.456 e. The molecule has 0 aromatic heterocycles. The second-order valence-electron chi connectivity index (χ2n) is 6.84. The lowest BCUT2D eigenvalue weighted by Gasteiger charge is -2.12. The van der Waals surface area contributed by atoms with Gasteiger partial charge in [-0.2, -0.15) is 0 Å². The predicted octanol–water partition coefficient (Wildman–Crippen LogP) is 3.19. The van der Waals surface area contributed by atoms with Crippen LogP contribution in [0.25, 0.3) is 0 Å². The summed E-state index contributed by atoms with van der Waals surface area (Å²) >= 11 is 0. The Balaban J connectivity index is 1.82. The van der Waals surface area contributed by atoms with Crippen molar-refractivity contribution in [2.24, 2.45) is 5.92 Å². The van der Waals surface area contributed by atoms with Crippen LogP contribution in [0.1, 0.15) is 36.2 Å². The van der Waals surface area contributed by atoms with Crippen LogP contribution >= 0.6 is 0 Å². The molecule has 28 heavy (non-hydrogen) atoms. The topological polar surface area (TPSA) is 84.5 Å². The SMILES string of the molecule is CC(C)CNC(=O)c1ccccc1NC(=O)COC(=O)CCc1ccccc1. The fourth-order valence-corrected chi connectivity index (χ4v) is 2.48. The van der Waals surface area contributed by atoms with E-state index in [0.717, 1.165) is 5.56 Å². The number of ether oxygens (including phenoxy) is 1. The molecule has 0 radical (unpaired) electrons. The minimum atomic E-state index is -0.489. The predicted molar refractivity (Wildman–Crippen MR) is 108 cm³/mol. The van der Waals surface area contributed by atoms with Crippen LogP contribution in [0.3, 0.4) is 0 Å². The molecule has 0 atom stereocenters. The summed E-state index contributed by atoms with van der Waals surface area (Å²) in [6.07, 6.45) is 0.756. The lowest BCUT2D eigenvalue weighted by atomic mass is 10.1. The third-order valence-corrected chi connectivity index (χ3v) is 3.94. The third-order valence-electron chi connectivity index (χ3n) is 3.94. The van der Waals surface area contributed by atoms with Gasteiger partial charge in [0, 0.05) is 13.0 Å². The second-order valence-corrected chi connectivity index (χ2v) is 6.84. The van der Waals surface area contributed by atoms with Gasteiger partial charge >= 0.3 is 5.97 Å².